The second kappa shape index (κ2) is 6.49. The van der Waals surface area contributed by atoms with Crippen LogP contribution in [0.3, 0.4) is 0 Å². The molecule has 0 saturated carbocycles. The first-order valence-electron chi connectivity index (χ1n) is 7.44. The van der Waals surface area contributed by atoms with Crippen molar-refractivity contribution in [2.45, 2.75) is 6.54 Å². The van der Waals surface area contributed by atoms with Crippen molar-refractivity contribution in [2.24, 2.45) is 5.73 Å². The number of hydrogen-bond donors (Lipinski definition) is 2. The Kier molecular flexibility index (Phi) is 4.04. The number of imidazole rings is 1. The molecule has 0 bridgehead atoms. The lowest BCUT2D eigenvalue weighted by atomic mass is 10.3. The number of rotatable bonds is 5. The third kappa shape index (κ3) is 3.04. The smallest absolute Gasteiger partial charge is 0.188 e. The van der Waals surface area contributed by atoms with Crippen molar-refractivity contribution in [3.63, 3.8) is 0 Å². The minimum absolute atomic E-state index is 0.227. The molecule has 0 atom stereocenters. The van der Waals surface area contributed by atoms with Crippen LogP contribution < -0.4 is 11.1 Å². The Morgan fingerprint density at radius 1 is 1.16 bits per heavy atom. The van der Waals surface area contributed by atoms with Crippen LogP contribution >= 0.6 is 11.3 Å². The quantitative estimate of drug-likeness (QED) is 0.564. The average Bonchev–Trinajstić information content (AvgIpc) is 3.23. The normalized spacial score (nSPS) is 11.1. The minimum Gasteiger partial charge on any atom is -0.329 e. The van der Waals surface area contributed by atoms with Gasteiger partial charge in [-0.1, -0.05) is 11.3 Å². The maximum Gasteiger partial charge on any atom is 0.188 e. The van der Waals surface area contributed by atoms with E-state index in [1.165, 1.54) is 17.7 Å². The highest BCUT2D eigenvalue weighted by molar-refractivity contribution is 7.18. The molecule has 0 aliphatic heterocycles. The Morgan fingerprint density at radius 2 is 2.08 bits per heavy atom. The van der Waals surface area contributed by atoms with E-state index >= 15 is 0 Å². The summed E-state index contributed by atoms with van der Waals surface area (Å²) in [6.45, 7) is 1.20. The van der Waals surface area contributed by atoms with Crippen LogP contribution in [-0.4, -0.2) is 36.0 Å². The van der Waals surface area contributed by atoms with E-state index in [1.54, 1.807) is 18.7 Å². The van der Waals surface area contributed by atoms with Gasteiger partial charge in [-0.15, -0.1) is 0 Å². The fourth-order valence-corrected chi connectivity index (χ4v) is 3.21. The van der Waals surface area contributed by atoms with Crippen molar-refractivity contribution < 1.29 is 4.39 Å². The highest BCUT2D eigenvalue weighted by Gasteiger charge is 2.12. The fraction of sp³-hybridized carbons (Fsp3) is 0.133. The Labute approximate surface area is 145 Å². The number of aromatic nitrogens is 6. The van der Waals surface area contributed by atoms with Crippen LogP contribution in [0, 0.1) is 5.82 Å². The van der Waals surface area contributed by atoms with Gasteiger partial charge in [-0.05, 0) is 0 Å². The van der Waals surface area contributed by atoms with Gasteiger partial charge in [0.25, 0.3) is 0 Å². The van der Waals surface area contributed by atoms with Crippen LogP contribution in [0.15, 0.2) is 37.3 Å². The van der Waals surface area contributed by atoms with Crippen molar-refractivity contribution in [1.82, 2.24) is 29.5 Å². The highest BCUT2D eigenvalue weighted by Crippen LogP contribution is 2.30. The first-order valence-corrected chi connectivity index (χ1v) is 8.26. The predicted octanol–water partition coefficient (Wildman–Crippen LogP) is 2.19. The van der Waals surface area contributed by atoms with Crippen molar-refractivity contribution in [2.75, 3.05) is 11.9 Å². The van der Waals surface area contributed by atoms with E-state index in [2.05, 4.69) is 30.2 Å². The van der Waals surface area contributed by atoms with Crippen LogP contribution in [0.4, 0.5) is 15.3 Å². The first-order chi connectivity index (χ1) is 12.2. The second-order valence-corrected chi connectivity index (χ2v) is 6.19. The van der Waals surface area contributed by atoms with Crippen molar-refractivity contribution in [1.29, 1.82) is 0 Å². The zero-order valence-electron chi connectivity index (χ0n) is 12.9. The van der Waals surface area contributed by atoms with E-state index in [9.17, 15) is 4.39 Å². The highest BCUT2D eigenvalue weighted by atomic mass is 32.1. The zero-order valence-corrected chi connectivity index (χ0v) is 13.7. The molecule has 0 saturated heterocycles. The van der Waals surface area contributed by atoms with Gasteiger partial charge in [-0.25, -0.2) is 29.3 Å². The number of halogens is 1. The van der Waals surface area contributed by atoms with Gasteiger partial charge in [0.1, 0.15) is 23.4 Å². The van der Waals surface area contributed by atoms with Gasteiger partial charge >= 0.3 is 0 Å². The first kappa shape index (κ1) is 15.5. The molecule has 4 rings (SSSR count). The lowest BCUT2D eigenvalue weighted by molar-refractivity contribution is 0.618. The molecule has 0 aromatic carbocycles. The number of thiazole rings is 1. The van der Waals surface area contributed by atoms with Crippen LogP contribution in [0.5, 0.6) is 0 Å². The van der Waals surface area contributed by atoms with E-state index in [1.807, 2.05) is 10.6 Å². The molecule has 0 radical (unpaired) electrons. The maximum atomic E-state index is 13.8. The summed E-state index contributed by atoms with van der Waals surface area (Å²) < 4.78 is 15.7. The van der Waals surface area contributed by atoms with E-state index in [0.717, 1.165) is 17.2 Å². The Balaban J connectivity index is 1.61. The zero-order chi connectivity index (χ0) is 17.2. The number of fused-ring (bicyclic) bond motifs is 1. The summed E-state index contributed by atoms with van der Waals surface area (Å²) in [7, 11) is 0. The molecular formula is C15H13FN8S. The summed E-state index contributed by atoms with van der Waals surface area (Å²) in [5.74, 6) is 0.137. The number of pyridine rings is 1. The summed E-state index contributed by atoms with van der Waals surface area (Å²) in [4.78, 5) is 21.1. The summed E-state index contributed by atoms with van der Waals surface area (Å²) in [5, 5.41) is 3.71. The fourth-order valence-electron chi connectivity index (χ4n) is 2.39. The minimum atomic E-state index is -0.483. The van der Waals surface area contributed by atoms with Crippen molar-refractivity contribution >= 4 is 33.3 Å². The molecular weight excluding hydrogens is 343 g/mol. The monoisotopic (exact) mass is 356 g/mol. The van der Waals surface area contributed by atoms with Crippen molar-refractivity contribution in [3.05, 3.63) is 43.1 Å². The SMILES string of the molecule is NCCn1cnc2cnc(Nc3ncc(-c4ncncc4F)s3)cc21. The number of hydrogen-bond acceptors (Lipinski definition) is 8. The Hall–Kier alpha value is -2.98. The second-order valence-electron chi connectivity index (χ2n) is 5.16. The molecule has 4 aromatic heterocycles. The van der Waals surface area contributed by atoms with E-state index in [0.29, 0.717) is 28.9 Å². The molecule has 0 unspecified atom stereocenters. The van der Waals surface area contributed by atoms with Crippen LogP contribution in [0.1, 0.15) is 0 Å². The number of nitrogens with one attached hydrogen (secondary N) is 1. The predicted molar refractivity (Wildman–Crippen MR) is 93.0 cm³/mol. The molecule has 0 spiro atoms. The van der Waals surface area contributed by atoms with E-state index < -0.39 is 5.82 Å². The molecule has 0 aliphatic rings. The topological polar surface area (TPSA) is 107 Å². The van der Waals surface area contributed by atoms with Crippen LogP contribution in [0.25, 0.3) is 21.6 Å². The largest absolute Gasteiger partial charge is 0.329 e. The van der Waals surface area contributed by atoms with Gasteiger partial charge in [0.2, 0.25) is 0 Å². The summed E-state index contributed by atoms with van der Waals surface area (Å²) in [5.41, 5.74) is 7.57. The average molecular weight is 356 g/mol. The van der Waals surface area contributed by atoms with E-state index in [4.69, 9.17) is 5.73 Å². The summed E-state index contributed by atoms with van der Waals surface area (Å²) in [6, 6.07) is 1.88. The van der Waals surface area contributed by atoms with Gasteiger partial charge in [-0.2, -0.15) is 0 Å². The molecule has 126 valence electrons. The molecule has 3 N–H and O–H groups in total. The lowest BCUT2D eigenvalue weighted by Gasteiger charge is -2.04. The number of nitrogens with zero attached hydrogens (tertiary/aromatic N) is 6. The molecule has 4 heterocycles. The van der Waals surface area contributed by atoms with Crippen LogP contribution in [0.2, 0.25) is 0 Å². The molecule has 0 fully saturated rings. The maximum absolute atomic E-state index is 13.8. The molecule has 4 aromatic rings. The Morgan fingerprint density at radius 3 is 2.92 bits per heavy atom. The van der Waals surface area contributed by atoms with E-state index in [-0.39, 0.29) is 5.69 Å². The molecule has 0 aliphatic carbocycles. The van der Waals surface area contributed by atoms with Crippen LogP contribution in [-0.2, 0) is 6.54 Å². The van der Waals surface area contributed by atoms with Gasteiger partial charge in [0.05, 0.1) is 29.1 Å². The van der Waals surface area contributed by atoms with Gasteiger partial charge < -0.3 is 15.6 Å². The standard InChI is InChI=1S/C15H13FN8S/c16-9-4-18-7-21-14(9)12-6-20-15(25-12)23-13-3-11-10(5-19-13)22-8-24(11)2-1-17/h3-8H,1-2,17H2,(H,19,20,23). The third-order valence-corrected chi connectivity index (χ3v) is 4.44. The number of nitrogens with two attached hydrogens (primary N) is 1. The van der Waals surface area contributed by atoms with Gasteiger partial charge in [-0.3, -0.25) is 0 Å². The summed E-state index contributed by atoms with van der Waals surface area (Å²) in [6.07, 6.45) is 7.42. The van der Waals surface area contributed by atoms with Gasteiger partial charge in [0, 0.05) is 25.4 Å². The summed E-state index contributed by atoms with van der Waals surface area (Å²) >= 11 is 1.28. The molecule has 0 amide bonds. The number of anilines is 2. The van der Waals surface area contributed by atoms with Crippen molar-refractivity contribution in [3.8, 4) is 10.6 Å². The molecule has 8 nitrogen and oxygen atoms in total. The van der Waals surface area contributed by atoms with Gasteiger partial charge in [0.15, 0.2) is 10.9 Å². The Bertz CT molecular complexity index is 1030. The molecule has 10 heteroatoms. The third-order valence-electron chi connectivity index (χ3n) is 3.52. The molecule has 25 heavy (non-hydrogen) atoms. The lowest BCUT2D eigenvalue weighted by Crippen LogP contribution is -2.08.